The van der Waals surface area contributed by atoms with Crippen molar-refractivity contribution in [2.45, 2.75) is 25.8 Å². The van der Waals surface area contributed by atoms with Gasteiger partial charge >= 0.3 is 0 Å². The second-order valence-corrected chi connectivity index (χ2v) is 9.36. The summed E-state index contributed by atoms with van der Waals surface area (Å²) in [5, 5.41) is 0.863. The number of nitrogens with zero attached hydrogens (tertiary/aromatic N) is 3. The summed E-state index contributed by atoms with van der Waals surface area (Å²) in [6, 6.07) is 17.9. The molecule has 0 saturated carbocycles. The monoisotopic (exact) mass is 365 g/mol. The van der Waals surface area contributed by atoms with E-state index >= 15 is 0 Å². The van der Waals surface area contributed by atoms with Crippen LogP contribution in [-0.2, 0) is 11.1 Å². The van der Waals surface area contributed by atoms with Crippen molar-refractivity contribution in [1.82, 2.24) is 14.2 Å². The summed E-state index contributed by atoms with van der Waals surface area (Å²) < 4.78 is 18.9. The Morgan fingerprint density at radius 1 is 1.00 bits per heavy atom. The maximum Gasteiger partial charge on any atom is 0.241 e. The SMILES string of the molecule is C=CCn1c([P@](=O)(c2ccccc2)N2CCCCC2)nc2ccccc21. The van der Waals surface area contributed by atoms with E-state index in [0.717, 1.165) is 42.3 Å². The molecule has 0 unspecified atom stereocenters. The van der Waals surface area contributed by atoms with Gasteiger partial charge in [-0.1, -0.05) is 42.8 Å². The molecule has 0 amide bonds. The zero-order valence-electron chi connectivity index (χ0n) is 14.9. The number of imidazole rings is 1. The average Bonchev–Trinajstić information content (AvgIpc) is 3.08. The first-order valence-electron chi connectivity index (χ1n) is 9.23. The molecule has 5 heteroatoms. The third-order valence-electron chi connectivity index (χ3n) is 5.05. The molecule has 1 aliphatic rings. The largest absolute Gasteiger partial charge is 0.316 e. The highest BCUT2D eigenvalue weighted by atomic mass is 31.2. The van der Waals surface area contributed by atoms with Crippen molar-refractivity contribution in [1.29, 1.82) is 0 Å². The molecule has 4 nitrogen and oxygen atoms in total. The number of allylic oxidation sites excluding steroid dienone is 1. The molecule has 26 heavy (non-hydrogen) atoms. The Morgan fingerprint density at radius 2 is 1.69 bits per heavy atom. The van der Waals surface area contributed by atoms with Crippen molar-refractivity contribution in [2.75, 3.05) is 13.1 Å². The Labute approximate surface area is 154 Å². The Bertz CT molecular complexity index is 958. The number of benzene rings is 2. The van der Waals surface area contributed by atoms with Crippen LogP contribution in [0.4, 0.5) is 0 Å². The van der Waals surface area contributed by atoms with Crippen LogP contribution in [-0.4, -0.2) is 27.3 Å². The summed E-state index contributed by atoms with van der Waals surface area (Å²) in [7, 11) is -3.00. The fourth-order valence-corrected chi connectivity index (χ4v) is 6.79. The quantitative estimate of drug-likeness (QED) is 0.508. The van der Waals surface area contributed by atoms with Gasteiger partial charge < -0.3 is 4.57 Å². The molecule has 0 radical (unpaired) electrons. The molecule has 3 aromatic rings. The topological polar surface area (TPSA) is 38.1 Å². The predicted octanol–water partition coefficient (Wildman–Crippen LogP) is 3.94. The molecular weight excluding hydrogens is 341 g/mol. The van der Waals surface area contributed by atoms with Crippen molar-refractivity contribution >= 4 is 29.2 Å². The van der Waals surface area contributed by atoms with E-state index in [-0.39, 0.29) is 0 Å². The van der Waals surface area contributed by atoms with Gasteiger partial charge in [-0.2, -0.15) is 0 Å². The van der Waals surface area contributed by atoms with Crippen LogP contribution in [0.5, 0.6) is 0 Å². The molecule has 1 aliphatic heterocycles. The van der Waals surface area contributed by atoms with Crippen molar-refractivity contribution in [3.63, 3.8) is 0 Å². The Morgan fingerprint density at radius 3 is 2.42 bits per heavy atom. The summed E-state index contributed by atoms with van der Waals surface area (Å²) in [5.74, 6) is 0. The van der Waals surface area contributed by atoms with Crippen LogP contribution in [0.3, 0.4) is 0 Å². The molecule has 1 atom stereocenters. The van der Waals surface area contributed by atoms with Crippen LogP contribution < -0.4 is 10.9 Å². The second kappa shape index (κ2) is 7.22. The van der Waals surface area contributed by atoms with Crippen LogP contribution in [0.15, 0.2) is 67.3 Å². The number of hydrogen-bond acceptors (Lipinski definition) is 2. The molecule has 1 saturated heterocycles. The highest BCUT2D eigenvalue weighted by molar-refractivity contribution is 7.76. The number of fused-ring (bicyclic) bond motifs is 1. The highest BCUT2D eigenvalue weighted by Gasteiger charge is 2.39. The summed E-state index contributed by atoms with van der Waals surface area (Å²) >= 11 is 0. The fourth-order valence-electron chi connectivity index (χ4n) is 3.80. The summed E-state index contributed by atoms with van der Waals surface area (Å²) in [6.07, 6.45) is 5.22. The number of rotatable bonds is 5. The van der Waals surface area contributed by atoms with Gasteiger partial charge in [-0.15, -0.1) is 6.58 Å². The lowest BCUT2D eigenvalue weighted by atomic mass is 10.2. The Hall–Kier alpha value is -2.16. The molecule has 4 rings (SSSR count). The zero-order valence-corrected chi connectivity index (χ0v) is 15.8. The molecule has 0 aliphatic carbocycles. The number of hydrogen-bond donors (Lipinski definition) is 0. The van der Waals surface area contributed by atoms with Gasteiger partial charge in [0, 0.05) is 24.9 Å². The van der Waals surface area contributed by atoms with Gasteiger partial charge in [-0.05, 0) is 37.1 Å². The molecule has 2 heterocycles. The maximum absolute atomic E-state index is 14.6. The van der Waals surface area contributed by atoms with E-state index in [1.807, 2.05) is 60.7 Å². The molecule has 1 fully saturated rings. The van der Waals surface area contributed by atoms with Gasteiger partial charge in [0.1, 0.15) is 0 Å². The summed E-state index contributed by atoms with van der Waals surface area (Å²) in [5.41, 5.74) is 2.57. The second-order valence-electron chi connectivity index (χ2n) is 6.73. The number of aromatic nitrogens is 2. The van der Waals surface area contributed by atoms with Gasteiger partial charge in [0.2, 0.25) is 7.29 Å². The molecule has 2 aromatic carbocycles. The van der Waals surface area contributed by atoms with Crippen LogP contribution in [0.25, 0.3) is 11.0 Å². The van der Waals surface area contributed by atoms with E-state index in [9.17, 15) is 4.57 Å². The minimum atomic E-state index is -3.00. The van der Waals surface area contributed by atoms with Gasteiger partial charge in [-0.25, -0.2) is 9.65 Å². The summed E-state index contributed by atoms with van der Waals surface area (Å²) in [4.78, 5) is 4.87. The summed E-state index contributed by atoms with van der Waals surface area (Å²) in [6.45, 7) is 6.20. The third-order valence-corrected chi connectivity index (χ3v) is 8.13. The predicted molar refractivity (Wildman–Crippen MR) is 109 cm³/mol. The van der Waals surface area contributed by atoms with Crippen LogP contribution in [0.2, 0.25) is 0 Å². The number of para-hydroxylation sites is 2. The van der Waals surface area contributed by atoms with E-state index in [4.69, 9.17) is 4.98 Å². The highest BCUT2D eigenvalue weighted by Crippen LogP contribution is 2.48. The number of piperidine rings is 1. The fraction of sp³-hybridized carbons (Fsp3) is 0.286. The minimum Gasteiger partial charge on any atom is -0.316 e. The molecule has 1 aromatic heterocycles. The maximum atomic E-state index is 14.6. The van der Waals surface area contributed by atoms with Crippen LogP contribution in [0, 0.1) is 0 Å². The first kappa shape index (κ1) is 17.3. The minimum absolute atomic E-state index is 0.598. The van der Waals surface area contributed by atoms with Crippen molar-refractivity contribution in [3.05, 3.63) is 67.3 Å². The lowest BCUT2D eigenvalue weighted by Crippen LogP contribution is -2.39. The van der Waals surface area contributed by atoms with E-state index in [1.165, 1.54) is 6.42 Å². The molecule has 0 bridgehead atoms. The molecule has 0 spiro atoms. The van der Waals surface area contributed by atoms with Crippen LogP contribution in [0.1, 0.15) is 19.3 Å². The van der Waals surface area contributed by atoms with E-state index in [1.54, 1.807) is 0 Å². The van der Waals surface area contributed by atoms with Crippen LogP contribution >= 0.6 is 7.29 Å². The normalized spacial score (nSPS) is 17.8. The van der Waals surface area contributed by atoms with Crippen molar-refractivity contribution in [3.8, 4) is 0 Å². The van der Waals surface area contributed by atoms with Gasteiger partial charge in [0.05, 0.1) is 11.0 Å². The van der Waals surface area contributed by atoms with E-state index in [2.05, 4.69) is 15.8 Å². The van der Waals surface area contributed by atoms with E-state index < -0.39 is 7.29 Å². The zero-order chi connectivity index (χ0) is 18.0. The smallest absolute Gasteiger partial charge is 0.241 e. The average molecular weight is 365 g/mol. The Kier molecular flexibility index (Phi) is 4.80. The van der Waals surface area contributed by atoms with Gasteiger partial charge in [0.25, 0.3) is 0 Å². The lowest BCUT2D eigenvalue weighted by molar-refractivity contribution is 0.351. The standard InChI is InChI=1S/C21H24N3OP/c1-2-15-24-20-14-8-7-13-19(20)22-21(24)26(25,18-11-5-3-6-12-18)23-16-9-4-10-17-23/h2-3,5-8,11-14H,1,4,9-10,15-17H2/t26-/m1/s1. The van der Waals surface area contributed by atoms with E-state index in [0.29, 0.717) is 12.1 Å². The Balaban J connectivity index is 1.98. The molecule has 0 N–H and O–H groups in total. The van der Waals surface area contributed by atoms with Gasteiger partial charge in [0.15, 0.2) is 5.57 Å². The van der Waals surface area contributed by atoms with Crippen molar-refractivity contribution < 1.29 is 4.57 Å². The van der Waals surface area contributed by atoms with Crippen molar-refractivity contribution in [2.24, 2.45) is 0 Å². The third kappa shape index (κ3) is 2.84. The lowest BCUT2D eigenvalue weighted by Gasteiger charge is -2.34. The first-order chi connectivity index (χ1) is 12.7. The first-order valence-corrected chi connectivity index (χ1v) is 10.9. The molecule has 134 valence electrons. The van der Waals surface area contributed by atoms with Gasteiger partial charge in [-0.3, -0.25) is 4.57 Å². The molecular formula is C21H24N3OP.